The fourth-order valence-electron chi connectivity index (χ4n) is 5.27. The molecule has 0 aliphatic carbocycles. The first-order valence-electron chi connectivity index (χ1n) is 12.1. The summed E-state index contributed by atoms with van der Waals surface area (Å²) in [7, 11) is 0. The van der Waals surface area contributed by atoms with Crippen LogP contribution in [0.5, 0.6) is 0 Å². The Balaban J connectivity index is 1.82. The third kappa shape index (κ3) is 3.17. The minimum atomic E-state index is 0.662. The van der Waals surface area contributed by atoms with E-state index in [1.165, 1.54) is 0 Å². The Kier molecular flexibility index (Phi) is 5.19. The summed E-state index contributed by atoms with van der Waals surface area (Å²) in [5.41, 5.74) is 7.82. The van der Waals surface area contributed by atoms with Crippen molar-refractivity contribution in [2.24, 2.45) is 4.99 Å². The van der Waals surface area contributed by atoms with Crippen molar-refractivity contribution in [3.63, 3.8) is 0 Å². The number of aliphatic imine (C=N–C) groups is 1. The molecule has 0 N–H and O–H groups in total. The molecule has 4 aromatic carbocycles. The molecule has 0 aliphatic rings. The van der Waals surface area contributed by atoms with Crippen LogP contribution in [-0.4, -0.2) is 10.3 Å². The number of hydrogen-bond donors (Lipinski definition) is 0. The van der Waals surface area contributed by atoms with Crippen molar-refractivity contribution in [3.8, 4) is 0 Å². The predicted octanol–water partition coefficient (Wildman–Crippen LogP) is 9.31. The van der Waals surface area contributed by atoms with Gasteiger partial charge >= 0.3 is 0 Å². The summed E-state index contributed by atoms with van der Waals surface area (Å²) in [6, 6.07) is 26.9. The number of rotatable bonds is 5. The number of nitrogens with zero attached hydrogens (tertiary/aromatic N) is 2. The Morgan fingerprint density at radius 1 is 0.861 bits per heavy atom. The van der Waals surface area contributed by atoms with E-state index in [0.717, 1.165) is 66.1 Å². The maximum absolute atomic E-state index is 6.45. The Hall–Kier alpha value is -4.63. The van der Waals surface area contributed by atoms with Gasteiger partial charge in [0.15, 0.2) is 0 Å². The average Bonchev–Trinajstić information content (AvgIpc) is 3.45. The van der Waals surface area contributed by atoms with Crippen molar-refractivity contribution in [3.05, 3.63) is 115 Å². The molecule has 3 heteroatoms. The molecule has 0 atom stereocenters. The van der Waals surface area contributed by atoms with Crippen LogP contribution in [0.2, 0.25) is 0 Å². The van der Waals surface area contributed by atoms with Crippen LogP contribution in [0.4, 0.5) is 0 Å². The SMILES string of the molecule is C=Cc1c(/C=C\C)c2c(c3ccccc3n2C(=C)/N=C(\C)c2ccccc2)c2c1oc1ccccc12. The first-order valence-corrected chi connectivity index (χ1v) is 12.1. The topological polar surface area (TPSA) is 30.4 Å². The van der Waals surface area contributed by atoms with Crippen LogP contribution >= 0.6 is 0 Å². The summed E-state index contributed by atoms with van der Waals surface area (Å²) >= 11 is 0. The van der Waals surface area contributed by atoms with Crippen molar-refractivity contribution in [2.75, 3.05) is 0 Å². The molecule has 0 fully saturated rings. The second-order valence-corrected chi connectivity index (χ2v) is 8.89. The Bertz CT molecular complexity index is 1880. The highest BCUT2D eigenvalue weighted by molar-refractivity contribution is 6.30. The molecule has 3 nitrogen and oxygen atoms in total. The van der Waals surface area contributed by atoms with Gasteiger partial charge in [-0.3, -0.25) is 4.57 Å². The smallest absolute Gasteiger partial charge is 0.144 e. The van der Waals surface area contributed by atoms with Crippen LogP contribution in [0.15, 0.2) is 108 Å². The lowest BCUT2D eigenvalue weighted by Gasteiger charge is -2.13. The molecule has 6 rings (SSSR count). The lowest BCUT2D eigenvalue weighted by Crippen LogP contribution is -2.01. The molecule has 0 radical (unpaired) electrons. The van der Waals surface area contributed by atoms with E-state index in [-0.39, 0.29) is 0 Å². The van der Waals surface area contributed by atoms with E-state index < -0.39 is 0 Å². The molecule has 0 amide bonds. The first kappa shape index (κ1) is 21.9. The Labute approximate surface area is 210 Å². The number of hydrogen-bond acceptors (Lipinski definition) is 2. The van der Waals surface area contributed by atoms with Crippen LogP contribution in [0.1, 0.15) is 30.5 Å². The van der Waals surface area contributed by atoms with Gasteiger partial charge < -0.3 is 4.42 Å². The molecule has 36 heavy (non-hydrogen) atoms. The third-order valence-electron chi connectivity index (χ3n) is 6.79. The van der Waals surface area contributed by atoms with Crippen LogP contribution in [-0.2, 0) is 0 Å². The van der Waals surface area contributed by atoms with E-state index in [4.69, 9.17) is 9.41 Å². The molecule has 0 saturated heterocycles. The normalized spacial score (nSPS) is 12.4. The van der Waals surface area contributed by atoms with E-state index in [1.54, 1.807) is 0 Å². The van der Waals surface area contributed by atoms with Crippen molar-refractivity contribution < 1.29 is 4.42 Å². The molecule has 0 spiro atoms. The highest BCUT2D eigenvalue weighted by Crippen LogP contribution is 2.45. The Morgan fingerprint density at radius 3 is 2.31 bits per heavy atom. The van der Waals surface area contributed by atoms with Crippen LogP contribution in [0.25, 0.3) is 61.7 Å². The van der Waals surface area contributed by atoms with Crippen LogP contribution in [0, 0.1) is 0 Å². The number of allylic oxidation sites excluding steroid dienone is 1. The molecule has 2 heterocycles. The van der Waals surface area contributed by atoms with Gasteiger partial charge in [-0.05, 0) is 31.5 Å². The van der Waals surface area contributed by atoms with Gasteiger partial charge in [0.25, 0.3) is 0 Å². The van der Waals surface area contributed by atoms with Gasteiger partial charge in [-0.15, -0.1) is 0 Å². The van der Waals surface area contributed by atoms with Gasteiger partial charge in [-0.25, -0.2) is 4.99 Å². The molecule has 174 valence electrons. The maximum atomic E-state index is 6.45. The zero-order valence-corrected chi connectivity index (χ0v) is 20.5. The lowest BCUT2D eigenvalue weighted by molar-refractivity contribution is 0.668. The van der Waals surface area contributed by atoms with Gasteiger partial charge in [-0.2, -0.15) is 0 Å². The number of fused-ring (bicyclic) bond motifs is 7. The zero-order valence-electron chi connectivity index (χ0n) is 20.5. The minimum absolute atomic E-state index is 0.662. The molecule has 0 aliphatic heterocycles. The fourth-order valence-corrected chi connectivity index (χ4v) is 5.27. The standard InChI is InChI=1S/C33H26N2O/c1-5-14-25-24(6-2)33-31(27-18-11-13-20-29(27)36-33)30-26-17-10-12-19-28(26)35(32(25)30)22(4)34-21(3)23-15-8-7-9-16-23/h5-20H,2,4H2,1,3H3/b14-5-,34-21+. The first-order chi connectivity index (χ1) is 17.6. The second kappa shape index (κ2) is 8.54. The number of aromatic nitrogens is 1. The van der Waals surface area contributed by atoms with Crippen LogP contribution < -0.4 is 0 Å². The quantitative estimate of drug-likeness (QED) is 0.233. The monoisotopic (exact) mass is 466 g/mol. The number of furan rings is 1. The molecular weight excluding hydrogens is 440 g/mol. The summed E-state index contributed by atoms with van der Waals surface area (Å²) in [5, 5.41) is 4.46. The average molecular weight is 467 g/mol. The minimum Gasteiger partial charge on any atom is -0.455 e. The lowest BCUT2D eigenvalue weighted by atomic mass is 9.96. The van der Waals surface area contributed by atoms with Crippen molar-refractivity contribution in [2.45, 2.75) is 13.8 Å². The van der Waals surface area contributed by atoms with Gasteiger partial charge in [0.05, 0.1) is 11.0 Å². The Morgan fingerprint density at radius 2 is 1.56 bits per heavy atom. The second-order valence-electron chi connectivity index (χ2n) is 8.89. The van der Waals surface area contributed by atoms with Gasteiger partial charge in [0, 0.05) is 38.4 Å². The number of para-hydroxylation sites is 2. The molecule has 2 aromatic heterocycles. The fraction of sp³-hybridized carbons (Fsp3) is 0.0606. The predicted molar refractivity (Wildman–Crippen MR) is 156 cm³/mol. The van der Waals surface area contributed by atoms with Crippen molar-refractivity contribution >= 4 is 67.4 Å². The maximum Gasteiger partial charge on any atom is 0.144 e. The molecule has 0 bridgehead atoms. The van der Waals surface area contributed by atoms with Crippen molar-refractivity contribution in [1.82, 2.24) is 4.57 Å². The van der Waals surface area contributed by atoms with E-state index in [1.807, 2.05) is 50.3 Å². The van der Waals surface area contributed by atoms with Gasteiger partial charge in [-0.1, -0.05) is 98.1 Å². The van der Waals surface area contributed by atoms with E-state index in [0.29, 0.717) is 5.82 Å². The largest absolute Gasteiger partial charge is 0.455 e. The van der Waals surface area contributed by atoms with Gasteiger partial charge in [0.2, 0.25) is 0 Å². The number of benzene rings is 4. The van der Waals surface area contributed by atoms with Gasteiger partial charge in [0.1, 0.15) is 17.0 Å². The zero-order chi connectivity index (χ0) is 24.8. The summed E-state index contributed by atoms with van der Waals surface area (Å²) in [6.45, 7) is 12.7. The highest BCUT2D eigenvalue weighted by Gasteiger charge is 2.24. The molecular formula is C33H26N2O. The third-order valence-corrected chi connectivity index (χ3v) is 6.79. The molecule has 6 aromatic rings. The van der Waals surface area contributed by atoms with E-state index in [2.05, 4.69) is 78.4 Å². The molecule has 0 unspecified atom stereocenters. The summed E-state index contributed by atoms with van der Waals surface area (Å²) in [4.78, 5) is 4.99. The van der Waals surface area contributed by atoms with E-state index in [9.17, 15) is 0 Å². The van der Waals surface area contributed by atoms with Crippen molar-refractivity contribution in [1.29, 1.82) is 0 Å². The van der Waals surface area contributed by atoms with E-state index >= 15 is 0 Å². The summed E-state index contributed by atoms with van der Waals surface area (Å²) in [6.07, 6.45) is 6.07. The summed E-state index contributed by atoms with van der Waals surface area (Å²) in [5.74, 6) is 0.662. The summed E-state index contributed by atoms with van der Waals surface area (Å²) < 4.78 is 8.63. The van der Waals surface area contributed by atoms with Crippen LogP contribution in [0.3, 0.4) is 0 Å². The highest BCUT2D eigenvalue weighted by atomic mass is 16.3. The molecule has 0 saturated carbocycles.